The number of anilines is 2. The van der Waals surface area contributed by atoms with Crippen LogP contribution in [0, 0.1) is 25.7 Å². The van der Waals surface area contributed by atoms with Gasteiger partial charge < -0.3 is 30.6 Å². The Labute approximate surface area is 423 Å². The molecule has 2 aliphatic rings. The van der Waals surface area contributed by atoms with Crippen molar-refractivity contribution in [2.45, 2.75) is 127 Å². The first kappa shape index (κ1) is 54.9. The van der Waals surface area contributed by atoms with Crippen LogP contribution in [0.5, 0.6) is 0 Å². The minimum Gasteiger partial charge on any atom is -0.481 e. The summed E-state index contributed by atoms with van der Waals surface area (Å²) < 4.78 is 63.9. The number of carbonyl (C=O) groups is 4. The zero-order chi connectivity index (χ0) is 53.5. The highest BCUT2D eigenvalue weighted by molar-refractivity contribution is 7.90. The maximum atomic E-state index is 13.0. The number of fused-ring (bicyclic) bond motifs is 2. The molecule has 8 N–H and O–H groups in total. The average Bonchev–Trinajstić information content (AvgIpc) is 4.15. The first-order valence-electron chi connectivity index (χ1n) is 23.3. The summed E-state index contributed by atoms with van der Waals surface area (Å²) in [5.74, 6) is 4.26. The van der Waals surface area contributed by atoms with Gasteiger partial charge in [-0.3, -0.25) is 20.4 Å². The van der Waals surface area contributed by atoms with Crippen molar-refractivity contribution in [3.8, 4) is 0 Å². The van der Waals surface area contributed by atoms with Gasteiger partial charge in [-0.05, 0) is 130 Å². The third kappa shape index (κ3) is 14.6. The number of nitrogens with one attached hydrogen (secondary N) is 5. The predicted octanol–water partition coefficient (Wildman–Crippen LogP) is 6.14. The monoisotopic (exact) mass is 1050 g/mol. The largest absolute Gasteiger partial charge is 0.481 e. The Bertz CT molecular complexity index is 3170. The molecule has 3 amide bonds. The molecular weight excluding hydrogens is 985 g/mol. The molecule has 2 aromatic carbocycles. The fraction of sp³-hybridized carbons (Fsp3) is 0.417. The van der Waals surface area contributed by atoms with E-state index in [1.165, 1.54) is 24.8 Å². The molecule has 25 heteroatoms. The van der Waals surface area contributed by atoms with Crippen molar-refractivity contribution in [2.24, 2.45) is 17.7 Å². The molecule has 2 aliphatic carbocycles. The second-order valence-electron chi connectivity index (χ2n) is 19.6. The number of ether oxygens (including phenoxy) is 2. The molecule has 0 radical (unpaired) electrons. The predicted molar refractivity (Wildman–Crippen MR) is 271 cm³/mol. The highest BCUT2D eigenvalue weighted by Gasteiger charge is 2.33. The molecule has 23 nitrogen and oxygen atoms in total. The fourth-order valence-corrected chi connectivity index (χ4v) is 10.4. The number of carboxylic acids is 1. The van der Waals surface area contributed by atoms with Gasteiger partial charge in [-0.2, -0.15) is 0 Å². The van der Waals surface area contributed by atoms with Crippen LogP contribution in [-0.4, -0.2) is 97.2 Å². The Morgan fingerprint density at radius 3 is 1.45 bits per heavy atom. The van der Waals surface area contributed by atoms with E-state index in [-0.39, 0.29) is 56.7 Å². The highest BCUT2D eigenvalue weighted by Crippen LogP contribution is 2.28. The summed E-state index contributed by atoms with van der Waals surface area (Å²) in [5.41, 5.74) is 9.82. The van der Waals surface area contributed by atoms with Gasteiger partial charge in [-0.15, -0.1) is 0 Å². The molecule has 4 atom stereocenters. The summed E-state index contributed by atoms with van der Waals surface area (Å²) in [6, 6.07) is 16.1. The van der Waals surface area contributed by atoms with E-state index >= 15 is 0 Å². The van der Waals surface area contributed by atoms with Gasteiger partial charge in [0, 0.05) is 30.4 Å². The lowest BCUT2D eigenvalue weighted by molar-refractivity contribution is -0.141. The number of hydrazine groups is 2. The first-order valence-corrected chi connectivity index (χ1v) is 26.2. The van der Waals surface area contributed by atoms with Crippen LogP contribution in [0.1, 0.15) is 91.2 Å². The Morgan fingerprint density at radius 2 is 1.04 bits per heavy atom. The van der Waals surface area contributed by atoms with Gasteiger partial charge >= 0.3 is 18.2 Å². The molecule has 8 rings (SSSR count). The number of rotatable bonds is 11. The minimum atomic E-state index is -3.83. The average molecular weight is 1050 g/mol. The molecule has 2 fully saturated rings. The minimum absolute atomic E-state index is 0.0732. The van der Waals surface area contributed by atoms with Crippen LogP contribution in [0.15, 0.2) is 95.2 Å². The van der Waals surface area contributed by atoms with Crippen molar-refractivity contribution < 1.29 is 50.6 Å². The van der Waals surface area contributed by atoms with E-state index in [0.29, 0.717) is 55.4 Å². The number of benzene rings is 2. The Hall–Kier alpha value is -7.38. The molecule has 0 saturated heterocycles. The number of hydrogen-bond acceptors (Lipinski definition) is 17. The van der Waals surface area contributed by atoms with Gasteiger partial charge in [0.1, 0.15) is 22.2 Å². The lowest BCUT2D eigenvalue weighted by Gasteiger charge is -2.21. The van der Waals surface area contributed by atoms with E-state index in [1.54, 1.807) is 102 Å². The van der Waals surface area contributed by atoms with E-state index < -0.39 is 49.4 Å². The number of carbonyl (C=O) groups excluding carboxylic acids is 3. The maximum absolute atomic E-state index is 13.0. The fourth-order valence-electron chi connectivity index (χ4n) is 7.80. The summed E-state index contributed by atoms with van der Waals surface area (Å²) in [4.78, 5) is 63.9. The van der Waals surface area contributed by atoms with Crippen LogP contribution in [0.4, 0.5) is 21.2 Å². The van der Waals surface area contributed by atoms with Gasteiger partial charge in [-0.1, -0.05) is 35.4 Å². The normalized spacial score (nSPS) is 17.8. The Morgan fingerprint density at radius 1 is 0.630 bits per heavy atom. The number of aryl methyl sites for hydroxylation is 2. The molecule has 0 spiro atoms. The van der Waals surface area contributed by atoms with Crippen LogP contribution in [0.3, 0.4) is 0 Å². The number of nitrogen functional groups attached to an aromatic ring is 1. The van der Waals surface area contributed by atoms with Crippen molar-refractivity contribution in [1.29, 1.82) is 0 Å². The molecule has 4 heterocycles. The van der Waals surface area contributed by atoms with Gasteiger partial charge in [0.25, 0.3) is 20.0 Å². The van der Waals surface area contributed by atoms with E-state index in [9.17, 15) is 36.0 Å². The molecule has 73 heavy (non-hydrogen) atoms. The first-order chi connectivity index (χ1) is 34.2. The molecule has 0 unspecified atom stereocenters. The van der Waals surface area contributed by atoms with E-state index in [4.69, 9.17) is 20.4 Å². The van der Waals surface area contributed by atoms with Crippen LogP contribution < -0.4 is 32.8 Å². The van der Waals surface area contributed by atoms with Crippen molar-refractivity contribution >= 4 is 78.1 Å². The van der Waals surface area contributed by atoms with Gasteiger partial charge in [0.2, 0.25) is 5.91 Å². The summed E-state index contributed by atoms with van der Waals surface area (Å²) in [6.07, 6.45) is 8.21. The van der Waals surface area contributed by atoms with E-state index in [2.05, 4.69) is 46.8 Å². The number of aliphatic carboxylic acids is 1. The summed E-state index contributed by atoms with van der Waals surface area (Å²) in [5, 5.41) is 14.3. The zero-order valence-corrected chi connectivity index (χ0v) is 43.4. The van der Waals surface area contributed by atoms with Crippen molar-refractivity contribution in [1.82, 2.24) is 43.9 Å². The number of amides is 3. The number of carboxylic acid groups (broad SMARTS) is 1. The molecular formula is C48H62N12O11S2. The Balaban J connectivity index is 0.000000198. The van der Waals surface area contributed by atoms with E-state index in [1.807, 2.05) is 13.8 Å². The lowest BCUT2D eigenvalue weighted by Crippen LogP contribution is -2.39. The quantitative estimate of drug-likeness (QED) is 0.0566. The van der Waals surface area contributed by atoms with Crippen molar-refractivity contribution in [3.63, 3.8) is 0 Å². The summed E-state index contributed by atoms with van der Waals surface area (Å²) in [7, 11) is -7.52. The number of alkyl carbamates (subject to hydrolysis) is 2. The summed E-state index contributed by atoms with van der Waals surface area (Å²) >= 11 is 0. The van der Waals surface area contributed by atoms with Gasteiger partial charge in [0.15, 0.2) is 22.9 Å². The van der Waals surface area contributed by atoms with Crippen LogP contribution in [0.2, 0.25) is 0 Å². The lowest BCUT2D eigenvalue weighted by atomic mass is 10.1. The topological polar surface area (TPSA) is 323 Å². The van der Waals surface area contributed by atoms with Gasteiger partial charge in [-0.25, -0.2) is 60.1 Å². The van der Waals surface area contributed by atoms with Crippen molar-refractivity contribution in [2.75, 3.05) is 10.9 Å². The smallest absolute Gasteiger partial charge is 0.407 e. The number of nitrogens with two attached hydrogens (primary N) is 1. The third-order valence-electron chi connectivity index (χ3n) is 11.4. The number of aromatic nitrogens is 6. The molecule has 4 aromatic heterocycles. The summed E-state index contributed by atoms with van der Waals surface area (Å²) in [6.45, 7) is 14.5. The molecule has 2 saturated carbocycles. The highest BCUT2D eigenvalue weighted by atomic mass is 32.2. The third-order valence-corrected chi connectivity index (χ3v) is 14.7. The van der Waals surface area contributed by atoms with Crippen molar-refractivity contribution in [3.05, 3.63) is 96.6 Å². The molecule has 6 aromatic rings. The van der Waals surface area contributed by atoms with E-state index in [0.717, 1.165) is 19.1 Å². The van der Waals surface area contributed by atoms with Crippen LogP contribution >= 0.6 is 0 Å². The zero-order valence-electron chi connectivity index (χ0n) is 41.7. The molecule has 392 valence electrons. The molecule has 0 aliphatic heterocycles. The van der Waals surface area contributed by atoms with Gasteiger partial charge in [0.05, 0.1) is 28.1 Å². The van der Waals surface area contributed by atoms with Crippen LogP contribution in [0.25, 0.3) is 22.3 Å². The number of nitrogens with zero attached hydrogens (tertiary/aromatic N) is 6. The van der Waals surface area contributed by atoms with Crippen LogP contribution in [-0.2, 0) is 39.1 Å². The standard InChI is InChI=1S/C24H30N6O5S.C13H13N5O2S.C11H19NO4/c1-15-5-9-18(10-6-15)36(33,34)30-12-11-19-21(30)25-14-20(27-19)28-29-22(31)16-7-8-17(13-16)26-23(32)35-24(2,3)4;1-9-2-4-10(5-3-9)21(19,20)18-7-6-11-13(18)15-8-12(16-11)17-14;1-11(2,3)16-10(15)12-8-5-4-7(6-8)9(13)14/h5-6,9-12,14,16-17H,7-8,13H2,1-4H3,(H,26,32)(H,27,28)(H,29,31);2-8H,14H2,1H3,(H,16,17);7-8H,4-6H2,1-3H3,(H,12,15)(H,13,14)/t16-,17-;;7-,8-/m1.1/s1. The SMILES string of the molecule is CC(C)(C)OC(=O)N[C@@H]1CC[C@@H](C(=O)O)C1.Cc1ccc(S(=O)(=O)n2ccc3nc(NN)cnc32)cc1.Cc1ccc(S(=O)(=O)n2ccc3nc(NNC(=O)[C@@H]4CC[C@@H](NC(=O)OC(C)(C)C)C4)cnc32)cc1. The Kier molecular flexibility index (Phi) is 17.0. The maximum Gasteiger partial charge on any atom is 0.407 e. The second kappa shape index (κ2) is 22.6. The molecule has 0 bridgehead atoms. The second-order valence-corrected chi connectivity index (χ2v) is 23.2. The number of hydrogen-bond donors (Lipinski definition) is 7.